The van der Waals surface area contributed by atoms with Gasteiger partial charge < -0.3 is 10.6 Å². The number of rotatable bonds is 7. The number of carbonyl (C=O) groups excluding carboxylic acids is 1. The van der Waals surface area contributed by atoms with Gasteiger partial charge in [0, 0.05) is 46.6 Å². The lowest BCUT2D eigenvalue weighted by molar-refractivity contribution is 0.0943. The Morgan fingerprint density at radius 1 is 1.40 bits per heavy atom. The summed E-state index contributed by atoms with van der Waals surface area (Å²) in [5.74, 6) is 0.356. The lowest BCUT2D eigenvalue weighted by atomic mass is 10.1. The average molecular weight is 296 g/mol. The number of benzene rings is 1. The van der Waals surface area contributed by atoms with Crippen LogP contribution in [-0.4, -0.2) is 34.7 Å². The molecule has 2 unspecified atom stereocenters. The van der Waals surface area contributed by atoms with E-state index < -0.39 is 10.8 Å². The molecule has 4 nitrogen and oxygen atoms in total. The molecule has 0 spiro atoms. The number of hydrogen-bond donors (Lipinski definition) is 2. The van der Waals surface area contributed by atoms with Crippen molar-refractivity contribution in [3.63, 3.8) is 0 Å². The highest BCUT2D eigenvalue weighted by Gasteiger charge is 2.11. The van der Waals surface area contributed by atoms with Gasteiger partial charge in [0.1, 0.15) is 0 Å². The second kappa shape index (κ2) is 8.04. The summed E-state index contributed by atoms with van der Waals surface area (Å²) in [6.07, 6.45) is 2.70. The van der Waals surface area contributed by atoms with E-state index in [2.05, 4.69) is 17.6 Å². The average Bonchev–Trinajstić information content (AvgIpc) is 2.36. The number of amides is 1. The Kier molecular flexibility index (Phi) is 6.71. The molecule has 1 rings (SSSR count). The first-order valence-corrected chi connectivity index (χ1v) is 8.62. The van der Waals surface area contributed by atoms with E-state index in [1.807, 2.05) is 32.0 Å². The summed E-state index contributed by atoms with van der Waals surface area (Å²) in [6.45, 7) is 6.89. The second-order valence-corrected chi connectivity index (χ2v) is 6.55. The number of carbonyl (C=O) groups is 1. The van der Waals surface area contributed by atoms with Crippen LogP contribution in [0.3, 0.4) is 0 Å². The Morgan fingerprint density at radius 3 is 2.65 bits per heavy atom. The molecule has 2 atom stereocenters. The molecular formula is C15H24N2O2S. The van der Waals surface area contributed by atoms with Crippen LogP contribution in [0.25, 0.3) is 0 Å². The molecule has 2 N–H and O–H groups in total. The lowest BCUT2D eigenvalue weighted by Gasteiger charge is -2.14. The van der Waals surface area contributed by atoms with Crippen LogP contribution < -0.4 is 10.6 Å². The number of aryl methyl sites for hydroxylation is 1. The van der Waals surface area contributed by atoms with Crippen LogP contribution in [0.4, 0.5) is 5.69 Å². The van der Waals surface area contributed by atoms with Crippen molar-refractivity contribution in [2.45, 2.75) is 33.2 Å². The van der Waals surface area contributed by atoms with Crippen LogP contribution in [0.2, 0.25) is 0 Å². The van der Waals surface area contributed by atoms with Crippen molar-refractivity contribution in [3.8, 4) is 0 Å². The minimum atomic E-state index is -0.905. The Bertz CT molecular complexity index is 489. The van der Waals surface area contributed by atoms with Gasteiger partial charge in [-0.25, -0.2) is 0 Å². The van der Waals surface area contributed by atoms with Crippen molar-refractivity contribution >= 4 is 22.4 Å². The van der Waals surface area contributed by atoms with Gasteiger partial charge in [-0.1, -0.05) is 6.92 Å². The normalized spacial score (nSPS) is 13.6. The summed E-state index contributed by atoms with van der Waals surface area (Å²) in [4.78, 5) is 12.1. The fourth-order valence-corrected chi connectivity index (χ4v) is 2.75. The van der Waals surface area contributed by atoms with Crippen molar-refractivity contribution in [1.82, 2.24) is 5.32 Å². The Balaban J connectivity index is 2.69. The van der Waals surface area contributed by atoms with Crippen molar-refractivity contribution in [1.29, 1.82) is 0 Å². The summed E-state index contributed by atoms with van der Waals surface area (Å²) in [5.41, 5.74) is 2.75. The van der Waals surface area contributed by atoms with Crippen LogP contribution in [0, 0.1) is 6.92 Å². The fraction of sp³-hybridized carbons (Fsp3) is 0.533. The molecule has 0 aromatic heterocycles. The van der Waals surface area contributed by atoms with Gasteiger partial charge in [-0.05, 0) is 44.0 Å². The zero-order chi connectivity index (χ0) is 15.1. The fourth-order valence-electron chi connectivity index (χ4n) is 1.96. The quantitative estimate of drug-likeness (QED) is 0.812. The number of nitrogens with one attached hydrogen (secondary N) is 2. The van der Waals surface area contributed by atoms with Gasteiger partial charge in [0.2, 0.25) is 0 Å². The van der Waals surface area contributed by atoms with E-state index >= 15 is 0 Å². The third-order valence-electron chi connectivity index (χ3n) is 2.92. The Morgan fingerprint density at radius 2 is 2.10 bits per heavy atom. The van der Waals surface area contributed by atoms with E-state index in [9.17, 15) is 9.00 Å². The zero-order valence-electron chi connectivity index (χ0n) is 12.7. The number of anilines is 1. The monoisotopic (exact) mass is 296 g/mol. The lowest BCUT2D eigenvalue weighted by Crippen LogP contribution is -2.36. The molecule has 0 heterocycles. The molecule has 0 aliphatic rings. The van der Waals surface area contributed by atoms with Gasteiger partial charge in [-0.2, -0.15) is 0 Å². The van der Waals surface area contributed by atoms with Crippen LogP contribution in [-0.2, 0) is 10.8 Å². The molecule has 0 aliphatic heterocycles. The van der Waals surface area contributed by atoms with E-state index in [1.54, 1.807) is 6.26 Å². The van der Waals surface area contributed by atoms with Gasteiger partial charge in [-0.15, -0.1) is 0 Å². The standard InChI is InChI=1S/C15H24N2O2S/c1-5-8-16-14-7-6-13(9-11(14)2)15(18)17-12(3)10-20(4)19/h6-7,9,12,16H,5,8,10H2,1-4H3,(H,17,18). The zero-order valence-corrected chi connectivity index (χ0v) is 13.5. The molecule has 1 aromatic carbocycles. The highest BCUT2D eigenvalue weighted by atomic mass is 32.2. The molecule has 1 aromatic rings. The van der Waals surface area contributed by atoms with Crippen molar-refractivity contribution in [2.24, 2.45) is 0 Å². The second-order valence-electron chi connectivity index (χ2n) is 5.07. The molecule has 1 amide bonds. The van der Waals surface area contributed by atoms with Gasteiger partial charge in [0.15, 0.2) is 0 Å². The molecule has 0 fully saturated rings. The summed E-state index contributed by atoms with van der Waals surface area (Å²) in [6, 6.07) is 5.54. The van der Waals surface area contributed by atoms with Gasteiger partial charge in [-0.3, -0.25) is 9.00 Å². The molecule has 0 saturated carbocycles. The SMILES string of the molecule is CCCNc1ccc(C(=O)NC(C)CS(C)=O)cc1C. The molecule has 0 bridgehead atoms. The summed E-state index contributed by atoms with van der Waals surface area (Å²) in [5, 5.41) is 6.19. The minimum absolute atomic E-state index is 0.0912. The summed E-state index contributed by atoms with van der Waals surface area (Å²) in [7, 11) is -0.905. The first-order valence-electron chi connectivity index (χ1n) is 6.89. The van der Waals surface area contributed by atoms with Crippen LogP contribution >= 0.6 is 0 Å². The van der Waals surface area contributed by atoms with Crippen molar-refractivity contribution in [3.05, 3.63) is 29.3 Å². The van der Waals surface area contributed by atoms with Crippen LogP contribution in [0.1, 0.15) is 36.2 Å². The van der Waals surface area contributed by atoms with E-state index in [-0.39, 0.29) is 11.9 Å². The Hall–Kier alpha value is -1.36. The van der Waals surface area contributed by atoms with Gasteiger partial charge >= 0.3 is 0 Å². The smallest absolute Gasteiger partial charge is 0.251 e. The van der Waals surface area contributed by atoms with Crippen LogP contribution in [0.5, 0.6) is 0 Å². The first kappa shape index (κ1) is 16.7. The largest absolute Gasteiger partial charge is 0.385 e. The predicted octanol–water partition coefficient (Wildman–Crippen LogP) is 2.31. The molecule has 0 radical (unpaired) electrons. The van der Waals surface area contributed by atoms with Crippen LogP contribution in [0.15, 0.2) is 18.2 Å². The van der Waals surface area contributed by atoms with Crippen molar-refractivity contribution in [2.75, 3.05) is 23.9 Å². The first-order chi connectivity index (χ1) is 9.43. The summed E-state index contributed by atoms with van der Waals surface area (Å²) >= 11 is 0. The van der Waals surface area contributed by atoms with E-state index in [4.69, 9.17) is 0 Å². The molecule has 0 saturated heterocycles. The topological polar surface area (TPSA) is 58.2 Å². The third-order valence-corrected chi connectivity index (χ3v) is 3.89. The molecule has 112 valence electrons. The molecular weight excluding hydrogens is 272 g/mol. The highest BCUT2D eigenvalue weighted by Crippen LogP contribution is 2.16. The predicted molar refractivity (Wildman–Crippen MR) is 85.8 cm³/mol. The summed E-state index contributed by atoms with van der Waals surface area (Å²) < 4.78 is 11.1. The third kappa shape index (κ3) is 5.33. The maximum atomic E-state index is 12.1. The minimum Gasteiger partial charge on any atom is -0.385 e. The molecule has 20 heavy (non-hydrogen) atoms. The maximum Gasteiger partial charge on any atom is 0.251 e. The van der Waals surface area contributed by atoms with Gasteiger partial charge in [0.05, 0.1) is 0 Å². The van der Waals surface area contributed by atoms with Gasteiger partial charge in [0.25, 0.3) is 5.91 Å². The van der Waals surface area contributed by atoms with E-state index in [0.29, 0.717) is 11.3 Å². The van der Waals surface area contributed by atoms with E-state index in [0.717, 1.165) is 24.2 Å². The van der Waals surface area contributed by atoms with Crippen molar-refractivity contribution < 1.29 is 9.00 Å². The molecule has 5 heteroatoms. The highest BCUT2D eigenvalue weighted by molar-refractivity contribution is 7.84. The molecule has 0 aliphatic carbocycles. The maximum absolute atomic E-state index is 12.1. The van der Waals surface area contributed by atoms with E-state index in [1.165, 1.54) is 0 Å². The Labute approximate surface area is 123 Å². The number of hydrogen-bond acceptors (Lipinski definition) is 3.